The van der Waals surface area contributed by atoms with Crippen molar-refractivity contribution in [3.63, 3.8) is 0 Å². The van der Waals surface area contributed by atoms with Crippen molar-refractivity contribution in [2.45, 2.75) is 83.8 Å². The predicted octanol–water partition coefficient (Wildman–Crippen LogP) is 6.18. The number of pyridine rings is 1. The molecule has 1 fully saturated rings. The van der Waals surface area contributed by atoms with Gasteiger partial charge in [0.15, 0.2) is 6.29 Å². The molecule has 7 nitrogen and oxygen atoms in total. The second-order valence-corrected chi connectivity index (χ2v) is 10.4. The second-order valence-electron chi connectivity index (χ2n) is 10.4. The number of carbonyl (C=O) groups is 1. The standard InChI is InChI=1S/C30H41N5O2/c1-6-8-24(9-7-2)33-29-27(28(32)37-21(3)4)26(18-25(19-36)34-29)22-10-12-23(13-11-22)30(20-31)14-16-35(5)17-15-30/h10-13,18-19,21,24,32H,6-9,14-17H2,1-5H3,(H,33,34). The van der Waals surface area contributed by atoms with Gasteiger partial charge < -0.3 is 15.0 Å². The van der Waals surface area contributed by atoms with Crippen LogP contribution in [-0.2, 0) is 10.2 Å². The summed E-state index contributed by atoms with van der Waals surface area (Å²) in [7, 11) is 2.09. The van der Waals surface area contributed by atoms with Gasteiger partial charge in [-0.15, -0.1) is 0 Å². The summed E-state index contributed by atoms with van der Waals surface area (Å²) >= 11 is 0. The Morgan fingerprint density at radius 1 is 1.22 bits per heavy atom. The van der Waals surface area contributed by atoms with Crippen LogP contribution < -0.4 is 5.32 Å². The van der Waals surface area contributed by atoms with E-state index >= 15 is 0 Å². The normalized spacial score (nSPS) is 15.4. The predicted molar refractivity (Wildman–Crippen MR) is 149 cm³/mol. The largest absolute Gasteiger partial charge is 0.475 e. The zero-order chi connectivity index (χ0) is 27.0. The molecule has 2 aromatic rings. The number of aldehydes is 1. The van der Waals surface area contributed by atoms with E-state index in [4.69, 9.17) is 10.1 Å². The van der Waals surface area contributed by atoms with E-state index in [-0.39, 0.29) is 18.0 Å². The summed E-state index contributed by atoms with van der Waals surface area (Å²) in [6.07, 6.45) is 6.14. The van der Waals surface area contributed by atoms with E-state index in [2.05, 4.69) is 42.2 Å². The van der Waals surface area contributed by atoms with Crippen molar-refractivity contribution in [3.05, 3.63) is 47.2 Å². The van der Waals surface area contributed by atoms with Crippen LogP contribution in [0.2, 0.25) is 0 Å². The number of piperidine rings is 1. The lowest BCUT2D eigenvalue weighted by atomic mass is 9.74. The van der Waals surface area contributed by atoms with Gasteiger partial charge in [-0.25, -0.2) is 4.98 Å². The Labute approximate surface area is 221 Å². The van der Waals surface area contributed by atoms with Gasteiger partial charge in [0.05, 0.1) is 23.2 Å². The maximum atomic E-state index is 11.9. The monoisotopic (exact) mass is 503 g/mol. The maximum Gasteiger partial charge on any atom is 0.217 e. The van der Waals surface area contributed by atoms with Gasteiger partial charge >= 0.3 is 0 Å². The summed E-state index contributed by atoms with van der Waals surface area (Å²) in [5.74, 6) is 0.530. The van der Waals surface area contributed by atoms with Gasteiger partial charge in [0.2, 0.25) is 5.90 Å². The third kappa shape index (κ3) is 6.75. The van der Waals surface area contributed by atoms with Gasteiger partial charge in [-0.1, -0.05) is 51.0 Å². The molecule has 2 N–H and O–H groups in total. The molecule has 1 saturated heterocycles. The Bertz CT molecular complexity index is 1110. The average Bonchev–Trinajstić information content (AvgIpc) is 2.89. The quantitative estimate of drug-likeness (QED) is 0.216. The highest BCUT2D eigenvalue weighted by Gasteiger charge is 2.35. The molecule has 3 rings (SSSR count). The lowest BCUT2D eigenvalue weighted by molar-refractivity contribution is 0.111. The number of benzene rings is 1. The molecule has 1 aliphatic rings. The minimum absolute atomic E-state index is 0.0251. The molecule has 2 heterocycles. The number of hydrogen-bond donors (Lipinski definition) is 2. The summed E-state index contributed by atoms with van der Waals surface area (Å²) in [5.41, 5.74) is 2.95. The zero-order valence-corrected chi connectivity index (χ0v) is 22.9. The molecule has 0 unspecified atom stereocenters. The van der Waals surface area contributed by atoms with Gasteiger partial charge in [0.1, 0.15) is 11.5 Å². The third-order valence-electron chi connectivity index (χ3n) is 7.16. The molecule has 7 heteroatoms. The molecule has 0 bridgehead atoms. The first-order chi connectivity index (χ1) is 17.8. The number of anilines is 1. The number of nitrogens with one attached hydrogen (secondary N) is 2. The molecule has 1 aromatic carbocycles. The number of hydrogen-bond acceptors (Lipinski definition) is 7. The molecule has 1 aliphatic heterocycles. The highest BCUT2D eigenvalue weighted by molar-refractivity contribution is 6.04. The molecule has 0 spiro atoms. The third-order valence-corrected chi connectivity index (χ3v) is 7.16. The fourth-order valence-corrected chi connectivity index (χ4v) is 5.09. The van der Waals surface area contributed by atoms with Crippen LogP contribution >= 0.6 is 0 Å². The van der Waals surface area contributed by atoms with Crippen LogP contribution in [0, 0.1) is 16.7 Å². The van der Waals surface area contributed by atoms with Gasteiger partial charge in [0.25, 0.3) is 0 Å². The first-order valence-corrected chi connectivity index (χ1v) is 13.5. The SMILES string of the molecule is CCCC(CCC)Nc1nc(C=O)cc(-c2ccc(C3(C#N)CCN(C)CC3)cc2)c1C(=N)OC(C)C. The maximum absolute atomic E-state index is 11.9. The Kier molecular flexibility index (Phi) is 9.82. The smallest absolute Gasteiger partial charge is 0.217 e. The lowest BCUT2D eigenvalue weighted by Gasteiger charge is -2.35. The highest BCUT2D eigenvalue weighted by Crippen LogP contribution is 2.37. The summed E-state index contributed by atoms with van der Waals surface area (Å²) in [5, 5.41) is 22.4. The minimum atomic E-state index is -0.492. The number of likely N-dealkylation sites (tertiary alicyclic amines) is 1. The van der Waals surface area contributed by atoms with E-state index in [0.29, 0.717) is 17.1 Å². The summed E-state index contributed by atoms with van der Waals surface area (Å²) in [4.78, 5) is 18.7. The van der Waals surface area contributed by atoms with E-state index in [1.165, 1.54) is 0 Å². The van der Waals surface area contributed by atoms with Crippen LogP contribution in [0.1, 0.15) is 87.8 Å². The first-order valence-electron chi connectivity index (χ1n) is 13.5. The Balaban J connectivity index is 2.10. The van der Waals surface area contributed by atoms with Crippen molar-refractivity contribution >= 4 is 18.0 Å². The summed E-state index contributed by atoms with van der Waals surface area (Å²) in [6, 6.07) is 12.5. The molecule has 0 amide bonds. The van der Waals surface area contributed by atoms with E-state index in [1.807, 2.05) is 38.1 Å². The Morgan fingerprint density at radius 3 is 2.35 bits per heavy atom. The number of carbonyl (C=O) groups excluding carboxylic acids is 1. The molecular formula is C30H41N5O2. The van der Waals surface area contributed by atoms with Crippen LogP contribution in [0.3, 0.4) is 0 Å². The van der Waals surface area contributed by atoms with Crippen LogP contribution in [0.25, 0.3) is 11.1 Å². The fraction of sp³-hybridized carbons (Fsp3) is 0.533. The van der Waals surface area contributed by atoms with E-state index < -0.39 is 5.41 Å². The van der Waals surface area contributed by atoms with Crippen LogP contribution in [-0.4, -0.2) is 54.4 Å². The van der Waals surface area contributed by atoms with Gasteiger partial charge in [-0.3, -0.25) is 10.2 Å². The molecule has 0 radical (unpaired) electrons. The van der Waals surface area contributed by atoms with Crippen molar-refractivity contribution < 1.29 is 9.53 Å². The molecule has 0 atom stereocenters. The van der Waals surface area contributed by atoms with Crippen molar-refractivity contribution in [1.82, 2.24) is 9.88 Å². The number of nitrogens with zero attached hydrogens (tertiary/aromatic N) is 3. The highest BCUT2D eigenvalue weighted by atomic mass is 16.5. The van der Waals surface area contributed by atoms with Crippen molar-refractivity contribution in [3.8, 4) is 17.2 Å². The Hall–Kier alpha value is -3.24. The molecular weight excluding hydrogens is 462 g/mol. The molecule has 1 aromatic heterocycles. The summed E-state index contributed by atoms with van der Waals surface area (Å²) in [6.45, 7) is 9.86. The summed E-state index contributed by atoms with van der Waals surface area (Å²) < 4.78 is 5.84. The van der Waals surface area contributed by atoms with Crippen LogP contribution in [0.4, 0.5) is 5.82 Å². The number of ether oxygens (including phenoxy) is 1. The molecule has 198 valence electrons. The van der Waals surface area contributed by atoms with Crippen molar-refractivity contribution in [2.24, 2.45) is 0 Å². The van der Waals surface area contributed by atoms with Crippen LogP contribution in [0.5, 0.6) is 0 Å². The first kappa shape index (κ1) is 28.3. The van der Waals surface area contributed by atoms with Crippen molar-refractivity contribution in [1.29, 1.82) is 10.7 Å². The van der Waals surface area contributed by atoms with Gasteiger partial charge in [0, 0.05) is 11.6 Å². The average molecular weight is 504 g/mol. The van der Waals surface area contributed by atoms with Crippen molar-refractivity contribution in [2.75, 3.05) is 25.5 Å². The van der Waals surface area contributed by atoms with Gasteiger partial charge in [-0.05, 0) is 76.9 Å². The van der Waals surface area contributed by atoms with Gasteiger partial charge in [-0.2, -0.15) is 5.26 Å². The molecule has 0 saturated carbocycles. The minimum Gasteiger partial charge on any atom is -0.475 e. The van der Waals surface area contributed by atoms with E-state index in [1.54, 1.807) is 6.07 Å². The second kappa shape index (κ2) is 12.8. The molecule has 37 heavy (non-hydrogen) atoms. The van der Waals surface area contributed by atoms with E-state index in [0.717, 1.165) is 74.6 Å². The number of aromatic nitrogens is 1. The van der Waals surface area contributed by atoms with Crippen LogP contribution in [0.15, 0.2) is 30.3 Å². The molecule has 0 aliphatic carbocycles. The van der Waals surface area contributed by atoms with E-state index in [9.17, 15) is 10.1 Å². The number of nitriles is 1. The lowest BCUT2D eigenvalue weighted by Crippen LogP contribution is -2.39. The topological polar surface area (TPSA) is 102 Å². The zero-order valence-electron chi connectivity index (χ0n) is 22.9. The fourth-order valence-electron chi connectivity index (χ4n) is 5.09. The number of rotatable bonds is 11. The Morgan fingerprint density at radius 2 is 1.84 bits per heavy atom.